The van der Waals surface area contributed by atoms with Crippen molar-refractivity contribution >= 4 is 11.7 Å². The van der Waals surface area contributed by atoms with Gasteiger partial charge in [-0.1, -0.05) is 0 Å². The van der Waals surface area contributed by atoms with Gasteiger partial charge in [0.25, 0.3) is 0 Å². The van der Waals surface area contributed by atoms with Crippen LogP contribution in [0.3, 0.4) is 0 Å². The Morgan fingerprint density at radius 3 is 2.70 bits per heavy atom. The van der Waals surface area contributed by atoms with Crippen molar-refractivity contribution in [2.24, 2.45) is 5.92 Å². The predicted octanol–water partition coefficient (Wildman–Crippen LogP) is 1.99. The van der Waals surface area contributed by atoms with Gasteiger partial charge in [-0.3, -0.25) is 4.79 Å². The molecule has 5 nitrogen and oxygen atoms in total. The zero-order chi connectivity index (χ0) is 13.9. The number of amides is 1. The lowest BCUT2D eigenvalue weighted by atomic mass is 9.79. The van der Waals surface area contributed by atoms with E-state index in [-0.39, 0.29) is 5.92 Å². The molecule has 1 N–H and O–H groups in total. The van der Waals surface area contributed by atoms with Crippen molar-refractivity contribution in [1.29, 1.82) is 0 Å². The largest absolute Gasteiger partial charge is 0.367 e. The first-order chi connectivity index (χ1) is 9.72. The van der Waals surface area contributed by atoms with Crippen LogP contribution in [0.5, 0.6) is 0 Å². The van der Waals surface area contributed by atoms with E-state index in [2.05, 4.69) is 20.2 Å². The summed E-state index contributed by atoms with van der Waals surface area (Å²) in [5, 5.41) is 3.39. The number of hydrogen-bond acceptors (Lipinski definition) is 4. The highest BCUT2D eigenvalue weighted by Gasteiger charge is 2.37. The summed E-state index contributed by atoms with van der Waals surface area (Å²) in [7, 11) is 0. The van der Waals surface area contributed by atoms with Gasteiger partial charge < -0.3 is 10.2 Å². The highest BCUT2D eigenvalue weighted by atomic mass is 16.2. The van der Waals surface area contributed by atoms with Crippen molar-refractivity contribution in [2.45, 2.75) is 45.1 Å². The number of anilines is 1. The van der Waals surface area contributed by atoms with Crippen LogP contribution in [0.15, 0.2) is 12.4 Å². The molecular formula is C15H22N4O. The number of nitrogens with zero attached hydrogens (tertiary/aromatic N) is 3. The monoisotopic (exact) mass is 274 g/mol. The summed E-state index contributed by atoms with van der Waals surface area (Å²) in [5.41, 5.74) is 0.961. The maximum Gasteiger partial charge on any atom is 0.225 e. The second kappa shape index (κ2) is 5.77. The Hall–Kier alpha value is -1.65. The zero-order valence-electron chi connectivity index (χ0n) is 12.0. The lowest BCUT2D eigenvalue weighted by Gasteiger charge is -2.39. The minimum absolute atomic E-state index is 0.216. The van der Waals surface area contributed by atoms with Gasteiger partial charge in [0.1, 0.15) is 12.1 Å². The van der Waals surface area contributed by atoms with E-state index in [0.29, 0.717) is 11.9 Å². The van der Waals surface area contributed by atoms with Crippen LogP contribution < -0.4 is 5.32 Å². The maximum absolute atomic E-state index is 12.3. The Bertz CT molecular complexity index is 479. The molecule has 5 heteroatoms. The summed E-state index contributed by atoms with van der Waals surface area (Å²) >= 11 is 0. The number of carbonyl (C=O) groups is 1. The van der Waals surface area contributed by atoms with E-state index < -0.39 is 0 Å². The molecule has 0 bridgehead atoms. The van der Waals surface area contributed by atoms with Gasteiger partial charge in [-0.25, -0.2) is 9.97 Å². The Morgan fingerprint density at radius 1 is 1.25 bits per heavy atom. The SMILES string of the molecule is Cc1cc(N[C@H]2C[C@H](C(=O)N3CCCCC3)C2)ncn1. The molecule has 2 aliphatic rings. The molecule has 1 saturated carbocycles. The van der Waals surface area contributed by atoms with Gasteiger partial charge in [-0.2, -0.15) is 0 Å². The molecule has 1 amide bonds. The third kappa shape index (κ3) is 2.92. The van der Waals surface area contributed by atoms with Crippen LogP contribution in [-0.2, 0) is 4.79 Å². The Kier molecular flexibility index (Phi) is 3.85. The molecule has 1 saturated heterocycles. The van der Waals surface area contributed by atoms with Crippen molar-refractivity contribution in [3.8, 4) is 0 Å². The molecule has 0 unspecified atom stereocenters. The third-order valence-corrected chi connectivity index (χ3v) is 4.31. The summed E-state index contributed by atoms with van der Waals surface area (Å²) in [6.07, 6.45) is 7.04. The van der Waals surface area contributed by atoms with E-state index in [1.54, 1.807) is 6.33 Å². The lowest BCUT2D eigenvalue weighted by Crippen LogP contribution is -2.47. The molecule has 0 atom stereocenters. The van der Waals surface area contributed by atoms with Crippen molar-refractivity contribution in [3.63, 3.8) is 0 Å². The lowest BCUT2D eigenvalue weighted by molar-refractivity contribution is -0.139. The maximum atomic E-state index is 12.3. The van der Waals surface area contributed by atoms with E-state index in [1.807, 2.05) is 13.0 Å². The number of hydrogen-bond donors (Lipinski definition) is 1. The van der Waals surface area contributed by atoms with Gasteiger partial charge in [0.15, 0.2) is 0 Å². The van der Waals surface area contributed by atoms with Crippen LogP contribution in [0, 0.1) is 12.8 Å². The molecular weight excluding hydrogens is 252 g/mol. The van der Waals surface area contributed by atoms with Crippen LogP contribution in [0.4, 0.5) is 5.82 Å². The Balaban J connectivity index is 1.47. The fraction of sp³-hybridized carbons (Fsp3) is 0.667. The molecule has 1 aliphatic carbocycles. The number of rotatable bonds is 3. The summed E-state index contributed by atoms with van der Waals surface area (Å²) < 4.78 is 0. The fourth-order valence-electron chi connectivity index (χ4n) is 3.05. The van der Waals surface area contributed by atoms with Gasteiger partial charge >= 0.3 is 0 Å². The van der Waals surface area contributed by atoms with Crippen molar-refractivity contribution in [2.75, 3.05) is 18.4 Å². The van der Waals surface area contributed by atoms with Crippen molar-refractivity contribution in [1.82, 2.24) is 14.9 Å². The van der Waals surface area contributed by atoms with Crippen LogP contribution >= 0.6 is 0 Å². The average Bonchev–Trinajstić information content (AvgIpc) is 2.43. The summed E-state index contributed by atoms with van der Waals surface area (Å²) in [6.45, 7) is 3.87. The summed E-state index contributed by atoms with van der Waals surface area (Å²) in [5.74, 6) is 1.45. The quantitative estimate of drug-likeness (QED) is 0.915. The van der Waals surface area contributed by atoms with E-state index in [9.17, 15) is 4.79 Å². The van der Waals surface area contributed by atoms with E-state index in [0.717, 1.165) is 37.4 Å². The molecule has 0 spiro atoms. The molecule has 108 valence electrons. The minimum atomic E-state index is 0.216. The number of carbonyl (C=O) groups excluding carboxylic acids is 1. The van der Waals surface area contributed by atoms with E-state index in [1.165, 1.54) is 19.3 Å². The van der Waals surface area contributed by atoms with Crippen molar-refractivity contribution in [3.05, 3.63) is 18.1 Å². The van der Waals surface area contributed by atoms with Crippen molar-refractivity contribution < 1.29 is 4.79 Å². The van der Waals surface area contributed by atoms with Crippen LogP contribution in [0.1, 0.15) is 37.8 Å². The average molecular weight is 274 g/mol. The first kappa shape index (κ1) is 13.3. The van der Waals surface area contributed by atoms with Crippen LogP contribution in [0.2, 0.25) is 0 Å². The first-order valence-electron chi connectivity index (χ1n) is 7.56. The standard InChI is InChI=1S/C15H22N4O/c1-11-7-14(17-10-16-11)18-13-8-12(9-13)15(20)19-5-3-2-4-6-19/h7,10,12-13H,2-6,8-9H2,1H3,(H,16,17,18)/t12-,13-. The smallest absolute Gasteiger partial charge is 0.225 e. The summed E-state index contributed by atoms with van der Waals surface area (Å²) in [4.78, 5) is 22.6. The number of nitrogens with one attached hydrogen (secondary N) is 1. The highest BCUT2D eigenvalue weighted by Crippen LogP contribution is 2.32. The van der Waals surface area contributed by atoms with Gasteiger partial charge in [0.2, 0.25) is 5.91 Å². The number of aromatic nitrogens is 2. The molecule has 1 aromatic heterocycles. The fourth-order valence-corrected chi connectivity index (χ4v) is 3.05. The van der Waals surface area contributed by atoms with Gasteiger partial charge in [-0.15, -0.1) is 0 Å². The molecule has 1 aromatic rings. The second-order valence-electron chi connectivity index (χ2n) is 5.94. The van der Waals surface area contributed by atoms with Crippen LogP contribution in [-0.4, -0.2) is 39.9 Å². The molecule has 2 heterocycles. The topological polar surface area (TPSA) is 58.1 Å². The van der Waals surface area contributed by atoms with E-state index >= 15 is 0 Å². The molecule has 2 fully saturated rings. The van der Waals surface area contributed by atoms with Gasteiger partial charge in [0.05, 0.1) is 0 Å². The normalized spacial score (nSPS) is 25.9. The third-order valence-electron chi connectivity index (χ3n) is 4.31. The Labute approximate surface area is 119 Å². The summed E-state index contributed by atoms with van der Waals surface area (Å²) in [6, 6.07) is 2.32. The van der Waals surface area contributed by atoms with Gasteiger partial charge in [-0.05, 0) is 39.0 Å². The molecule has 0 radical (unpaired) electrons. The molecule has 20 heavy (non-hydrogen) atoms. The second-order valence-corrected chi connectivity index (χ2v) is 5.94. The van der Waals surface area contributed by atoms with Gasteiger partial charge in [0, 0.05) is 36.8 Å². The Morgan fingerprint density at radius 2 is 2.00 bits per heavy atom. The van der Waals surface area contributed by atoms with Crippen LogP contribution in [0.25, 0.3) is 0 Å². The number of piperidine rings is 1. The number of aryl methyl sites for hydroxylation is 1. The molecule has 0 aromatic carbocycles. The minimum Gasteiger partial charge on any atom is -0.367 e. The molecule has 1 aliphatic heterocycles. The zero-order valence-corrected chi connectivity index (χ0v) is 12.0. The predicted molar refractivity (Wildman–Crippen MR) is 77.3 cm³/mol. The highest BCUT2D eigenvalue weighted by molar-refractivity contribution is 5.80. The molecule has 3 rings (SSSR count). The number of likely N-dealkylation sites (tertiary alicyclic amines) is 1. The van der Waals surface area contributed by atoms with E-state index in [4.69, 9.17) is 0 Å². The first-order valence-corrected chi connectivity index (χ1v) is 7.56.